The third-order valence-corrected chi connectivity index (χ3v) is 4.57. The van der Waals surface area contributed by atoms with Crippen molar-refractivity contribution in [2.45, 2.75) is 34.1 Å². The molecule has 0 aliphatic carbocycles. The third kappa shape index (κ3) is 3.76. The predicted octanol–water partition coefficient (Wildman–Crippen LogP) is 5.80. The fraction of sp³-hybridized carbons (Fsp3) is 0.300. The maximum Gasteiger partial charge on any atom is 0.229 e. The third-order valence-electron chi connectivity index (χ3n) is 3.98. The minimum absolute atomic E-state index is 0.0156. The summed E-state index contributed by atoms with van der Waals surface area (Å²) in [5.74, 6) is 0.552. The maximum absolute atomic E-state index is 12.1. The molecule has 5 heteroatoms. The molecule has 0 radical (unpaired) electrons. The topological polar surface area (TPSA) is 55.1 Å². The summed E-state index contributed by atoms with van der Waals surface area (Å²) in [5.41, 5.74) is 4.00. The molecular weight excluding hydrogens is 380 g/mol. The van der Waals surface area contributed by atoms with E-state index in [0.29, 0.717) is 5.89 Å². The van der Waals surface area contributed by atoms with Crippen molar-refractivity contribution in [2.75, 3.05) is 5.32 Å². The highest BCUT2D eigenvalue weighted by Gasteiger charge is 2.21. The van der Waals surface area contributed by atoms with Crippen molar-refractivity contribution in [1.82, 2.24) is 4.98 Å². The average Bonchev–Trinajstić information content (AvgIpc) is 2.99. The van der Waals surface area contributed by atoms with Crippen molar-refractivity contribution in [3.05, 3.63) is 46.4 Å². The highest BCUT2D eigenvalue weighted by atomic mass is 79.9. The van der Waals surface area contributed by atoms with Gasteiger partial charge in [0.15, 0.2) is 5.58 Å². The molecule has 4 nitrogen and oxygen atoms in total. The highest BCUT2D eigenvalue weighted by Crippen LogP contribution is 2.31. The first kappa shape index (κ1) is 17.7. The van der Waals surface area contributed by atoms with Gasteiger partial charge in [0.2, 0.25) is 11.8 Å². The van der Waals surface area contributed by atoms with E-state index >= 15 is 0 Å². The number of amides is 1. The van der Waals surface area contributed by atoms with E-state index in [1.54, 1.807) is 0 Å². The van der Waals surface area contributed by atoms with Gasteiger partial charge in [0, 0.05) is 16.7 Å². The Balaban J connectivity index is 1.88. The Morgan fingerprint density at radius 3 is 2.48 bits per heavy atom. The lowest BCUT2D eigenvalue weighted by Crippen LogP contribution is -2.27. The van der Waals surface area contributed by atoms with Crippen LogP contribution in [-0.2, 0) is 11.2 Å². The Morgan fingerprint density at radius 2 is 1.88 bits per heavy atom. The van der Waals surface area contributed by atoms with Gasteiger partial charge in [-0.25, -0.2) is 4.98 Å². The molecule has 0 bridgehead atoms. The molecule has 3 aromatic rings. The molecule has 0 spiro atoms. The Morgan fingerprint density at radius 1 is 1.20 bits per heavy atom. The molecule has 0 saturated heterocycles. The van der Waals surface area contributed by atoms with Crippen LogP contribution in [0.1, 0.15) is 33.3 Å². The molecule has 0 fully saturated rings. The molecule has 0 aliphatic heterocycles. The number of anilines is 1. The smallest absolute Gasteiger partial charge is 0.229 e. The second-order valence-corrected chi connectivity index (χ2v) is 7.93. The fourth-order valence-corrected chi connectivity index (χ4v) is 2.97. The Kier molecular flexibility index (Phi) is 4.69. The van der Waals surface area contributed by atoms with Crippen molar-refractivity contribution < 1.29 is 9.21 Å². The van der Waals surface area contributed by atoms with Gasteiger partial charge in [-0.15, -0.1) is 0 Å². The van der Waals surface area contributed by atoms with E-state index in [4.69, 9.17) is 4.42 Å². The molecule has 2 aromatic carbocycles. The van der Waals surface area contributed by atoms with E-state index in [1.807, 2.05) is 51.1 Å². The van der Waals surface area contributed by atoms with E-state index < -0.39 is 5.41 Å². The summed E-state index contributed by atoms with van der Waals surface area (Å²) in [7, 11) is 0. The number of nitrogens with zero attached hydrogens (tertiary/aromatic N) is 1. The van der Waals surface area contributed by atoms with E-state index in [1.165, 1.54) is 5.56 Å². The number of hydrogen-bond donors (Lipinski definition) is 1. The summed E-state index contributed by atoms with van der Waals surface area (Å²) >= 11 is 3.55. The van der Waals surface area contributed by atoms with Crippen molar-refractivity contribution in [2.24, 2.45) is 5.41 Å². The summed E-state index contributed by atoms with van der Waals surface area (Å²) in [6.07, 6.45) is 0.943. The molecule has 0 atom stereocenters. The molecule has 1 N–H and O–H groups in total. The van der Waals surface area contributed by atoms with Crippen LogP contribution in [0.2, 0.25) is 0 Å². The fourth-order valence-electron chi connectivity index (χ4n) is 2.39. The molecular formula is C20H21BrN2O2. The first-order chi connectivity index (χ1) is 11.8. The van der Waals surface area contributed by atoms with Crippen LogP contribution in [0.3, 0.4) is 0 Å². The Bertz CT molecular complexity index is 921. The lowest BCUT2D eigenvalue weighted by atomic mass is 9.95. The van der Waals surface area contributed by atoms with E-state index in [-0.39, 0.29) is 5.91 Å². The number of oxazole rings is 1. The largest absolute Gasteiger partial charge is 0.435 e. The molecule has 1 amide bonds. The summed E-state index contributed by atoms with van der Waals surface area (Å²) < 4.78 is 6.83. The zero-order valence-corrected chi connectivity index (χ0v) is 16.4. The van der Waals surface area contributed by atoms with E-state index in [9.17, 15) is 4.79 Å². The zero-order chi connectivity index (χ0) is 18.2. The van der Waals surface area contributed by atoms with Gasteiger partial charge >= 0.3 is 0 Å². The SMILES string of the molecule is CCc1cc(Br)c2oc(-c3ccc(NC(=O)C(C)(C)C)cc3)nc2c1. The van der Waals surface area contributed by atoms with Gasteiger partial charge in [0.1, 0.15) is 5.52 Å². The number of nitrogens with one attached hydrogen (secondary N) is 1. The molecule has 0 aliphatic rings. The van der Waals surface area contributed by atoms with Gasteiger partial charge in [-0.1, -0.05) is 27.7 Å². The van der Waals surface area contributed by atoms with Crippen LogP contribution < -0.4 is 5.32 Å². The summed E-state index contributed by atoms with van der Waals surface area (Å²) in [6, 6.07) is 11.6. The van der Waals surface area contributed by atoms with Crippen LogP contribution in [0.4, 0.5) is 5.69 Å². The number of carbonyl (C=O) groups excluding carboxylic acids is 1. The Hall–Kier alpha value is -2.14. The number of fused-ring (bicyclic) bond motifs is 1. The maximum atomic E-state index is 12.1. The van der Waals surface area contributed by atoms with Crippen LogP contribution in [-0.4, -0.2) is 10.9 Å². The second-order valence-electron chi connectivity index (χ2n) is 7.08. The average molecular weight is 401 g/mol. The predicted molar refractivity (Wildman–Crippen MR) is 105 cm³/mol. The monoisotopic (exact) mass is 400 g/mol. The van der Waals surface area contributed by atoms with Crippen LogP contribution in [0.25, 0.3) is 22.6 Å². The Labute approximate surface area is 155 Å². The molecule has 0 unspecified atom stereocenters. The van der Waals surface area contributed by atoms with Gasteiger partial charge in [-0.05, 0) is 64.3 Å². The van der Waals surface area contributed by atoms with Crippen molar-refractivity contribution in [3.8, 4) is 11.5 Å². The highest BCUT2D eigenvalue weighted by molar-refractivity contribution is 9.10. The number of halogens is 1. The number of rotatable bonds is 3. The van der Waals surface area contributed by atoms with Crippen molar-refractivity contribution >= 4 is 38.6 Å². The molecule has 1 heterocycles. The first-order valence-corrected chi connectivity index (χ1v) is 9.08. The van der Waals surface area contributed by atoms with Crippen molar-refractivity contribution in [1.29, 1.82) is 0 Å². The summed E-state index contributed by atoms with van der Waals surface area (Å²) in [4.78, 5) is 16.7. The molecule has 25 heavy (non-hydrogen) atoms. The number of benzene rings is 2. The van der Waals surface area contributed by atoms with Crippen LogP contribution in [0.5, 0.6) is 0 Å². The molecule has 3 rings (SSSR count). The van der Waals surface area contributed by atoms with Gasteiger partial charge in [-0.2, -0.15) is 0 Å². The normalized spacial score (nSPS) is 11.7. The first-order valence-electron chi connectivity index (χ1n) is 8.29. The van der Waals surface area contributed by atoms with E-state index in [2.05, 4.69) is 39.2 Å². The quantitative estimate of drug-likeness (QED) is 0.603. The minimum atomic E-state index is -0.428. The summed E-state index contributed by atoms with van der Waals surface area (Å²) in [6.45, 7) is 7.77. The lowest BCUT2D eigenvalue weighted by Gasteiger charge is -2.17. The van der Waals surface area contributed by atoms with Gasteiger partial charge in [0.05, 0.1) is 4.47 Å². The van der Waals surface area contributed by atoms with Gasteiger partial charge < -0.3 is 9.73 Å². The number of hydrogen-bond acceptors (Lipinski definition) is 3. The second kappa shape index (κ2) is 6.64. The molecule has 130 valence electrons. The van der Waals surface area contributed by atoms with E-state index in [0.717, 1.165) is 33.2 Å². The van der Waals surface area contributed by atoms with Gasteiger partial charge in [0.25, 0.3) is 0 Å². The lowest BCUT2D eigenvalue weighted by molar-refractivity contribution is -0.123. The van der Waals surface area contributed by atoms with Crippen LogP contribution in [0.15, 0.2) is 45.3 Å². The number of aryl methyl sites for hydroxylation is 1. The van der Waals surface area contributed by atoms with Gasteiger partial charge in [-0.3, -0.25) is 4.79 Å². The minimum Gasteiger partial charge on any atom is -0.435 e. The number of carbonyl (C=O) groups is 1. The molecule has 1 aromatic heterocycles. The van der Waals surface area contributed by atoms with Crippen molar-refractivity contribution in [3.63, 3.8) is 0 Å². The zero-order valence-electron chi connectivity index (χ0n) is 14.8. The molecule has 0 saturated carbocycles. The number of aromatic nitrogens is 1. The standard InChI is InChI=1S/C20H21BrN2O2/c1-5-12-10-15(21)17-16(11-12)23-18(25-17)13-6-8-14(9-7-13)22-19(24)20(2,3)4/h6-11H,5H2,1-4H3,(H,22,24). The summed E-state index contributed by atoms with van der Waals surface area (Å²) in [5, 5.41) is 2.91. The van der Waals surface area contributed by atoms with Crippen LogP contribution in [0, 0.1) is 5.41 Å². The van der Waals surface area contributed by atoms with Crippen LogP contribution >= 0.6 is 15.9 Å².